The van der Waals surface area contributed by atoms with Crippen LogP contribution >= 0.6 is 23.5 Å². The molecule has 1 aromatic carbocycles. The van der Waals surface area contributed by atoms with Gasteiger partial charge in [-0.3, -0.25) is 4.99 Å². The Balaban J connectivity index is 1.61. The molecule has 1 atom stereocenters. The first kappa shape index (κ1) is 24.0. The van der Waals surface area contributed by atoms with Crippen molar-refractivity contribution in [1.29, 1.82) is 0 Å². The van der Waals surface area contributed by atoms with E-state index in [1.54, 1.807) is 23.5 Å². The molecule has 1 aromatic heterocycles. The van der Waals surface area contributed by atoms with Crippen LogP contribution in [0.2, 0.25) is 0 Å². The van der Waals surface area contributed by atoms with Gasteiger partial charge in [-0.15, -0.1) is 0 Å². The van der Waals surface area contributed by atoms with Crippen LogP contribution in [0.15, 0.2) is 51.5 Å². The van der Waals surface area contributed by atoms with E-state index in [4.69, 9.17) is 24.4 Å². The van der Waals surface area contributed by atoms with Crippen molar-refractivity contribution in [2.75, 3.05) is 19.8 Å². The van der Waals surface area contributed by atoms with E-state index >= 15 is 0 Å². The number of nitrogens with zero attached hydrogens (tertiary/aromatic N) is 4. The monoisotopic (exact) mass is 480 g/mol. The van der Waals surface area contributed by atoms with E-state index in [0.717, 1.165) is 35.1 Å². The molecule has 0 amide bonds. The lowest BCUT2D eigenvalue weighted by Crippen LogP contribution is -2.12. The molecule has 0 saturated carbocycles. The lowest BCUT2D eigenvalue weighted by Gasteiger charge is -2.17. The van der Waals surface area contributed by atoms with Gasteiger partial charge in [-0.05, 0) is 38.7 Å². The molecule has 0 aliphatic carbocycles. The van der Waals surface area contributed by atoms with Gasteiger partial charge < -0.3 is 9.47 Å². The largest absolute Gasteiger partial charge is 0.347 e. The highest BCUT2D eigenvalue weighted by Crippen LogP contribution is 2.31. The molecule has 0 spiro atoms. The summed E-state index contributed by atoms with van der Waals surface area (Å²) in [5, 5.41) is 2.77. The second kappa shape index (κ2) is 12.3. The highest BCUT2D eigenvalue weighted by atomic mass is 32.2. The molecule has 8 heteroatoms. The molecule has 1 fully saturated rings. The third kappa shape index (κ3) is 6.90. The number of benzene rings is 1. The quantitative estimate of drug-likeness (QED) is 0.195. The van der Waals surface area contributed by atoms with Crippen LogP contribution in [0.25, 0.3) is 0 Å². The maximum atomic E-state index is 5.81. The Morgan fingerprint density at radius 3 is 2.79 bits per heavy atom. The van der Waals surface area contributed by atoms with E-state index in [1.807, 2.05) is 38.1 Å². The fraction of sp³-hybridized carbons (Fsp3) is 0.440. The Labute approximate surface area is 204 Å². The fourth-order valence-electron chi connectivity index (χ4n) is 3.51. The molecule has 6 nitrogen and oxygen atoms in total. The van der Waals surface area contributed by atoms with Gasteiger partial charge in [0.2, 0.25) is 6.29 Å². The third-order valence-electron chi connectivity index (χ3n) is 5.03. The number of aromatic nitrogens is 2. The van der Waals surface area contributed by atoms with Crippen LogP contribution in [0.1, 0.15) is 50.7 Å². The molecule has 33 heavy (non-hydrogen) atoms. The van der Waals surface area contributed by atoms with Crippen LogP contribution in [-0.4, -0.2) is 39.8 Å². The van der Waals surface area contributed by atoms with Gasteiger partial charge in [-0.25, -0.2) is 15.0 Å². The number of aliphatic imine (C=N–C) groups is 2. The molecule has 0 radical (unpaired) electrons. The highest BCUT2D eigenvalue weighted by Gasteiger charge is 2.23. The van der Waals surface area contributed by atoms with E-state index in [2.05, 4.69) is 29.0 Å². The van der Waals surface area contributed by atoms with E-state index in [9.17, 15) is 0 Å². The topological polar surface area (TPSA) is 69.0 Å². The predicted molar refractivity (Wildman–Crippen MR) is 136 cm³/mol. The smallest absolute Gasteiger partial charge is 0.201 e. The van der Waals surface area contributed by atoms with Crippen LogP contribution in [-0.2, 0) is 15.2 Å². The summed E-state index contributed by atoms with van der Waals surface area (Å²) in [4.78, 5) is 19.0. The summed E-state index contributed by atoms with van der Waals surface area (Å²) in [6, 6.07) is 12.2. The molecule has 2 aliphatic heterocycles. The van der Waals surface area contributed by atoms with Crippen molar-refractivity contribution in [3.63, 3.8) is 0 Å². The lowest BCUT2D eigenvalue weighted by molar-refractivity contribution is -0.143. The molecular formula is C25H28N4O2S2. The molecule has 0 bridgehead atoms. The van der Waals surface area contributed by atoms with E-state index < -0.39 is 6.29 Å². The summed E-state index contributed by atoms with van der Waals surface area (Å²) in [5.41, 5.74) is 1.92. The predicted octanol–water partition coefficient (Wildman–Crippen LogP) is 5.82. The van der Waals surface area contributed by atoms with Crippen LogP contribution in [0.5, 0.6) is 0 Å². The second-order valence-corrected chi connectivity index (χ2v) is 9.51. The van der Waals surface area contributed by atoms with Crippen LogP contribution in [0, 0.1) is 17.8 Å². The number of hydrogen-bond donors (Lipinski definition) is 0. The Morgan fingerprint density at radius 2 is 2.00 bits per heavy atom. The third-order valence-corrected chi connectivity index (χ3v) is 7.11. The molecule has 1 unspecified atom stereocenters. The van der Waals surface area contributed by atoms with Crippen molar-refractivity contribution in [2.24, 2.45) is 15.9 Å². The Morgan fingerprint density at radius 1 is 1.18 bits per heavy atom. The Bertz CT molecular complexity index is 1060. The van der Waals surface area contributed by atoms with Gasteiger partial charge in [0.15, 0.2) is 11.0 Å². The van der Waals surface area contributed by atoms with Crippen LogP contribution < -0.4 is 0 Å². The Hall–Kier alpha value is -2.18. The van der Waals surface area contributed by atoms with E-state index in [-0.39, 0.29) is 5.92 Å². The van der Waals surface area contributed by atoms with Gasteiger partial charge in [-0.2, -0.15) is 0 Å². The minimum Gasteiger partial charge on any atom is -0.347 e. The molecular weight excluding hydrogens is 452 g/mol. The molecule has 2 aromatic rings. The first-order valence-corrected chi connectivity index (χ1v) is 13.1. The first-order chi connectivity index (χ1) is 16.2. The van der Waals surface area contributed by atoms with Gasteiger partial charge in [0, 0.05) is 25.0 Å². The molecule has 172 valence electrons. The lowest BCUT2D eigenvalue weighted by atomic mass is 10.0. The fourth-order valence-corrected chi connectivity index (χ4v) is 5.40. The van der Waals surface area contributed by atoms with Gasteiger partial charge >= 0.3 is 0 Å². The van der Waals surface area contributed by atoms with E-state index in [1.165, 1.54) is 5.56 Å². The van der Waals surface area contributed by atoms with Crippen molar-refractivity contribution < 1.29 is 9.47 Å². The second-order valence-electron chi connectivity index (χ2n) is 7.48. The Kier molecular flexibility index (Phi) is 8.95. The number of hydrogen-bond acceptors (Lipinski definition) is 8. The number of ether oxygens (including phenoxy) is 2. The molecule has 1 saturated heterocycles. The number of rotatable bonds is 9. The summed E-state index contributed by atoms with van der Waals surface area (Å²) < 4.78 is 11.6. The average molecular weight is 481 g/mol. The molecule has 0 N–H and O–H groups in total. The van der Waals surface area contributed by atoms with Crippen molar-refractivity contribution >= 4 is 39.4 Å². The van der Waals surface area contributed by atoms with Crippen molar-refractivity contribution in [3.05, 3.63) is 47.7 Å². The van der Waals surface area contributed by atoms with Gasteiger partial charge in [0.1, 0.15) is 12.2 Å². The van der Waals surface area contributed by atoms with Crippen molar-refractivity contribution in [1.82, 2.24) is 9.97 Å². The zero-order valence-corrected chi connectivity index (χ0v) is 20.6. The number of thioether (sulfide) groups is 2. The molecule has 2 aliphatic rings. The summed E-state index contributed by atoms with van der Waals surface area (Å²) >= 11 is 3.24. The van der Waals surface area contributed by atoms with Crippen LogP contribution in [0.3, 0.4) is 0 Å². The molecule has 3 heterocycles. The minimum atomic E-state index is -0.540. The van der Waals surface area contributed by atoms with Gasteiger partial charge in [0.05, 0.1) is 16.0 Å². The minimum absolute atomic E-state index is 0.245. The first-order valence-electron chi connectivity index (χ1n) is 11.3. The molecule has 4 rings (SSSR count). The summed E-state index contributed by atoms with van der Waals surface area (Å²) in [7, 11) is 0. The normalized spacial score (nSPS) is 18.9. The van der Waals surface area contributed by atoms with Crippen molar-refractivity contribution in [3.8, 4) is 11.8 Å². The zero-order valence-electron chi connectivity index (χ0n) is 19.0. The highest BCUT2D eigenvalue weighted by molar-refractivity contribution is 8.26. The van der Waals surface area contributed by atoms with Gasteiger partial charge in [-0.1, -0.05) is 65.7 Å². The van der Waals surface area contributed by atoms with Crippen molar-refractivity contribution in [2.45, 2.75) is 50.3 Å². The van der Waals surface area contributed by atoms with Crippen LogP contribution in [0.4, 0.5) is 5.82 Å². The summed E-state index contributed by atoms with van der Waals surface area (Å²) in [6.45, 7) is 5.54. The zero-order chi connectivity index (χ0) is 22.9. The van der Waals surface area contributed by atoms with Gasteiger partial charge in [0.25, 0.3) is 0 Å². The standard InChI is InChI=1S/C25H28N4O2S2/c1-3-30-24(31-4-2)20-16-21(29-25(27-20)32-17-18-10-6-5-7-11-18)28-22-14-8-12-19-13-9-15-26-23(19)33-22/h5-7,10-11,16,19,24H,3-4,8,12,14-15,17H2,1-2H3. The SMILES string of the molecule is CCOC(OCC)c1cc(N=C2CCCC3C#CCN=C3S2)nc(SCc2ccccc2)n1. The maximum Gasteiger partial charge on any atom is 0.201 e. The van der Waals surface area contributed by atoms with E-state index in [0.29, 0.717) is 36.4 Å². The average Bonchev–Trinajstić information content (AvgIpc) is 3.05. The summed E-state index contributed by atoms with van der Waals surface area (Å²) in [5.74, 6) is 8.08. The number of fused-ring (bicyclic) bond motifs is 1. The maximum absolute atomic E-state index is 5.81. The summed E-state index contributed by atoms with van der Waals surface area (Å²) in [6.07, 6.45) is 2.43.